The van der Waals surface area contributed by atoms with Crippen LogP contribution in [0.2, 0.25) is 0 Å². The van der Waals surface area contributed by atoms with E-state index in [4.69, 9.17) is 0 Å². The Morgan fingerprint density at radius 3 is 1.95 bits per heavy atom. The monoisotopic (exact) mass is 253 g/mol. The fourth-order valence-electron chi connectivity index (χ4n) is 2.08. The summed E-state index contributed by atoms with van der Waals surface area (Å²) < 4.78 is 0. The predicted molar refractivity (Wildman–Crippen MR) is 83.3 cm³/mol. The van der Waals surface area contributed by atoms with Gasteiger partial charge in [0.05, 0.1) is 0 Å². The van der Waals surface area contributed by atoms with Crippen molar-refractivity contribution in [2.24, 2.45) is 0 Å². The van der Waals surface area contributed by atoms with E-state index in [0.29, 0.717) is 0 Å². The molecule has 0 saturated heterocycles. The van der Waals surface area contributed by atoms with Gasteiger partial charge in [0.2, 0.25) is 0 Å². The van der Waals surface area contributed by atoms with Crippen molar-refractivity contribution in [3.05, 3.63) is 60.2 Å². The molecule has 0 atom stereocenters. The highest BCUT2D eigenvalue weighted by Gasteiger charge is 2.07. The average Bonchev–Trinajstić information content (AvgIpc) is 2.39. The Labute approximate surface area is 116 Å². The minimum absolute atomic E-state index is 0.198. The highest BCUT2D eigenvalue weighted by Crippen LogP contribution is 2.19. The van der Waals surface area contributed by atoms with E-state index in [0.717, 1.165) is 13.0 Å². The van der Waals surface area contributed by atoms with Gasteiger partial charge in [-0.25, -0.2) is 0 Å². The largest absolute Gasteiger partial charge is 0.312 e. The highest BCUT2D eigenvalue weighted by atomic mass is 14.9. The normalized spacial score (nSPS) is 11.5. The van der Waals surface area contributed by atoms with Crippen LogP contribution in [0.15, 0.2) is 54.6 Å². The fraction of sp³-hybridized carbons (Fsp3) is 0.333. The minimum Gasteiger partial charge on any atom is -0.312 e. The van der Waals surface area contributed by atoms with Crippen molar-refractivity contribution in [2.75, 3.05) is 6.54 Å². The first-order chi connectivity index (χ1) is 9.04. The van der Waals surface area contributed by atoms with E-state index in [1.54, 1.807) is 0 Å². The molecule has 2 aromatic carbocycles. The lowest BCUT2D eigenvalue weighted by molar-refractivity contribution is 0.429. The fourth-order valence-corrected chi connectivity index (χ4v) is 2.08. The zero-order chi connectivity index (χ0) is 13.7. The number of hydrogen-bond donors (Lipinski definition) is 1. The van der Waals surface area contributed by atoms with E-state index in [9.17, 15) is 0 Å². The van der Waals surface area contributed by atoms with Crippen molar-refractivity contribution in [2.45, 2.75) is 32.7 Å². The van der Waals surface area contributed by atoms with E-state index in [1.807, 2.05) is 0 Å². The molecule has 0 amide bonds. The maximum atomic E-state index is 3.52. The molecule has 0 heterocycles. The average molecular weight is 253 g/mol. The van der Waals surface area contributed by atoms with Crippen molar-refractivity contribution in [3.63, 3.8) is 0 Å². The third-order valence-electron chi connectivity index (χ3n) is 3.13. The Morgan fingerprint density at radius 1 is 0.789 bits per heavy atom. The second-order valence-corrected chi connectivity index (χ2v) is 5.99. The van der Waals surface area contributed by atoms with Crippen LogP contribution in [0, 0.1) is 0 Å². The zero-order valence-electron chi connectivity index (χ0n) is 12.1. The molecule has 1 heteroatoms. The van der Waals surface area contributed by atoms with E-state index in [-0.39, 0.29) is 5.54 Å². The molecule has 2 rings (SSSR count). The zero-order valence-corrected chi connectivity index (χ0v) is 12.1. The molecule has 1 N–H and O–H groups in total. The van der Waals surface area contributed by atoms with Gasteiger partial charge in [0.25, 0.3) is 0 Å². The molecule has 0 aliphatic heterocycles. The first-order valence-corrected chi connectivity index (χ1v) is 6.94. The molecule has 1 nitrogen and oxygen atoms in total. The summed E-state index contributed by atoms with van der Waals surface area (Å²) in [5.74, 6) is 0. The van der Waals surface area contributed by atoms with Gasteiger partial charge in [0, 0.05) is 5.54 Å². The molecule has 0 unspecified atom stereocenters. The third-order valence-corrected chi connectivity index (χ3v) is 3.13. The van der Waals surface area contributed by atoms with E-state index in [1.165, 1.54) is 16.7 Å². The quantitative estimate of drug-likeness (QED) is 0.857. The summed E-state index contributed by atoms with van der Waals surface area (Å²) in [6, 6.07) is 19.4. The summed E-state index contributed by atoms with van der Waals surface area (Å²) in [5, 5.41) is 3.52. The molecule has 19 heavy (non-hydrogen) atoms. The summed E-state index contributed by atoms with van der Waals surface area (Å²) in [6.07, 6.45) is 1.08. The number of rotatable bonds is 4. The first kappa shape index (κ1) is 13.8. The summed E-state index contributed by atoms with van der Waals surface area (Å²) >= 11 is 0. The number of hydrogen-bond acceptors (Lipinski definition) is 1. The van der Waals surface area contributed by atoms with Crippen molar-refractivity contribution < 1.29 is 0 Å². The molecular weight excluding hydrogens is 230 g/mol. The maximum Gasteiger partial charge on any atom is 0.00966 e. The van der Waals surface area contributed by atoms with Crippen molar-refractivity contribution in [1.82, 2.24) is 5.32 Å². The summed E-state index contributed by atoms with van der Waals surface area (Å²) in [4.78, 5) is 0. The Balaban J connectivity index is 1.96. The van der Waals surface area contributed by atoms with Gasteiger partial charge in [-0.15, -0.1) is 0 Å². The van der Waals surface area contributed by atoms with Crippen LogP contribution in [-0.4, -0.2) is 12.1 Å². The van der Waals surface area contributed by atoms with Crippen LogP contribution in [0.5, 0.6) is 0 Å². The van der Waals surface area contributed by atoms with Crippen LogP contribution in [-0.2, 0) is 6.42 Å². The molecule has 0 radical (unpaired) electrons. The van der Waals surface area contributed by atoms with E-state index in [2.05, 4.69) is 80.7 Å². The van der Waals surface area contributed by atoms with Gasteiger partial charge < -0.3 is 5.32 Å². The second kappa shape index (κ2) is 6.03. The minimum atomic E-state index is 0.198. The predicted octanol–water partition coefficient (Wildman–Crippen LogP) is 4.28. The summed E-state index contributed by atoms with van der Waals surface area (Å²) in [6.45, 7) is 7.62. The van der Waals surface area contributed by atoms with Gasteiger partial charge in [-0.05, 0) is 50.4 Å². The third kappa shape index (κ3) is 4.53. The van der Waals surface area contributed by atoms with Gasteiger partial charge in [-0.1, -0.05) is 54.6 Å². The summed E-state index contributed by atoms with van der Waals surface area (Å²) in [7, 11) is 0. The Kier molecular flexibility index (Phi) is 4.39. The lowest BCUT2D eigenvalue weighted by Crippen LogP contribution is -2.37. The molecule has 2 aromatic rings. The van der Waals surface area contributed by atoms with Gasteiger partial charge in [-0.2, -0.15) is 0 Å². The molecule has 0 aromatic heterocycles. The van der Waals surface area contributed by atoms with Crippen LogP contribution in [0.25, 0.3) is 11.1 Å². The Bertz CT molecular complexity index is 491. The molecule has 100 valence electrons. The van der Waals surface area contributed by atoms with Gasteiger partial charge in [0.15, 0.2) is 0 Å². The molecule has 0 bridgehead atoms. The van der Waals surface area contributed by atoms with Crippen LogP contribution in [0.3, 0.4) is 0 Å². The Hall–Kier alpha value is -1.60. The van der Waals surface area contributed by atoms with Crippen LogP contribution in [0.4, 0.5) is 0 Å². The molecule has 0 aliphatic carbocycles. The van der Waals surface area contributed by atoms with Crippen molar-refractivity contribution in [3.8, 4) is 11.1 Å². The lowest BCUT2D eigenvalue weighted by atomic mass is 10.0. The molecule has 0 aliphatic rings. The second-order valence-electron chi connectivity index (χ2n) is 5.99. The maximum absolute atomic E-state index is 3.52. The van der Waals surface area contributed by atoms with E-state index < -0.39 is 0 Å². The number of nitrogens with one attached hydrogen (secondary N) is 1. The van der Waals surface area contributed by atoms with E-state index >= 15 is 0 Å². The van der Waals surface area contributed by atoms with Crippen molar-refractivity contribution in [1.29, 1.82) is 0 Å². The SMILES string of the molecule is CC(C)(C)NCCc1ccc(-c2ccccc2)cc1. The molecule has 0 spiro atoms. The number of benzene rings is 2. The molecular formula is C18H23N. The topological polar surface area (TPSA) is 12.0 Å². The summed E-state index contributed by atoms with van der Waals surface area (Å²) in [5.41, 5.74) is 4.15. The van der Waals surface area contributed by atoms with Crippen LogP contribution < -0.4 is 5.32 Å². The lowest BCUT2D eigenvalue weighted by Gasteiger charge is -2.20. The van der Waals surface area contributed by atoms with Crippen molar-refractivity contribution >= 4 is 0 Å². The Morgan fingerprint density at radius 2 is 1.37 bits per heavy atom. The molecule has 0 saturated carbocycles. The van der Waals surface area contributed by atoms with Crippen LogP contribution >= 0.6 is 0 Å². The van der Waals surface area contributed by atoms with Gasteiger partial charge in [0.1, 0.15) is 0 Å². The van der Waals surface area contributed by atoms with Crippen LogP contribution in [0.1, 0.15) is 26.3 Å². The smallest absolute Gasteiger partial charge is 0.00966 e. The van der Waals surface area contributed by atoms with Gasteiger partial charge >= 0.3 is 0 Å². The molecule has 0 fully saturated rings. The first-order valence-electron chi connectivity index (χ1n) is 6.94. The van der Waals surface area contributed by atoms with Gasteiger partial charge in [-0.3, -0.25) is 0 Å². The standard InChI is InChI=1S/C18H23N/c1-18(2,3)19-14-13-15-9-11-17(12-10-15)16-7-5-4-6-8-16/h4-12,19H,13-14H2,1-3H3. The highest BCUT2D eigenvalue weighted by molar-refractivity contribution is 5.63.